The van der Waals surface area contributed by atoms with E-state index in [1.165, 1.54) is 0 Å². The van der Waals surface area contributed by atoms with Crippen molar-refractivity contribution in [3.63, 3.8) is 0 Å². The highest BCUT2D eigenvalue weighted by atomic mass is 35.5. The average Bonchev–Trinajstić information content (AvgIpc) is 2.48. The maximum Gasteiger partial charge on any atom is 0.410 e. The Morgan fingerprint density at radius 1 is 1.43 bits per heavy atom. The standard InChI is InChI=1S/C17H25ClN2O3/c1-17(2,3)23-16(21)20-8-4-5-14(10-20)12-22-11-13-6-7-15(18)19-9-13/h6-7,9,14H,4-5,8,10-12H2,1-3H3/t14-/m0/s1. The number of likely N-dealkylation sites (tertiary alicyclic amines) is 1. The summed E-state index contributed by atoms with van der Waals surface area (Å²) in [5, 5.41) is 0.481. The Labute approximate surface area is 142 Å². The van der Waals surface area contributed by atoms with E-state index in [2.05, 4.69) is 4.98 Å². The highest BCUT2D eigenvalue weighted by Crippen LogP contribution is 2.20. The Morgan fingerprint density at radius 3 is 2.87 bits per heavy atom. The minimum atomic E-state index is -0.456. The van der Waals surface area contributed by atoms with Crippen molar-refractivity contribution in [3.05, 3.63) is 29.0 Å². The van der Waals surface area contributed by atoms with Crippen LogP contribution in [0.3, 0.4) is 0 Å². The van der Waals surface area contributed by atoms with Crippen LogP contribution in [0, 0.1) is 5.92 Å². The minimum absolute atomic E-state index is 0.232. The quantitative estimate of drug-likeness (QED) is 0.780. The van der Waals surface area contributed by atoms with Crippen LogP contribution in [0.2, 0.25) is 5.15 Å². The van der Waals surface area contributed by atoms with Gasteiger partial charge >= 0.3 is 6.09 Å². The van der Waals surface area contributed by atoms with Gasteiger partial charge in [0.15, 0.2) is 0 Å². The number of rotatable bonds is 4. The van der Waals surface area contributed by atoms with Gasteiger partial charge in [-0.2, -0.15) is 0 Å². The molecule has 0 spiro atoms. The Kier molecular flexibility index (Phi) is 6.25. The fourth-order valence-corrected chi connectivity index (χ4v) is 2.64. The van der Waals surface area contributed by atoms with E-state index in [-0.39, 0.29) is 6.09 Å². The van der Waals surface area contributed by atoms with Crippen molar-refractivity contribution in [1.29, 1.82) is 0 Å². The Balaban J connectivity index is 1.75. The minimum Gasteiger partial charge on any atom is -0.444 e. The van der Waals surface area contributed by atoms with Crippen molar-refractivity contribution in [2.75, 3.05) is 19.7 Å². The fraction of sp³-hybridized carbons (Fsp3) is 0.647. The number of hydrogen-bond donors (Lipinski definition) is 0. The molecule has 1 aliphatic rings. The summed E-state index contributed by atoms with van der Waals surface area (Å²) in [5.74, 6) is 0.344. The van der Waals surface area contributed by atoms with Gasteiger partial charge in [0.2, 0.25) is 0 Å². The van der Waals surface area contributed by atoms with Crippen molar-refractivity contribution < 1.29 is 14.3 Å². The predicted octanol–water partition coefficient (Wildman–Crippen LogP) is 3.90. The van der Waals surface area contributed by atoms with Gasteiger partial charge in [0, 0.05) is 25.2 Å². The lowest BCUT2D eigenvalue weighted by molar-refractivity contribution is 0.00591. The highest BCUT2D eigenvalue weighted by Gasteiger charge is 2.27. The summed E-state index contributed by atoms with van der Waals surface area (Å²) >= 11 is 5.76. The molecule has 1 saturated heterocycles. The molecule has 0 radical (unpaired) electrons. The van der Waals surface area contributed by atoms with Gasteiger partial charge in [0.05, 0.1) is 13.2 Å². The summed E-state index contributed by atoms with van der Waals surface area (Å²) in [6.07, 6.45) is 3.54. The predicted molar refractivity (Wildman–Crippen MR) is 89.4 cm³/mol. The van der Waals surface area contributed by atoms with Crippen LogP contribution in [0.25, 0.3) is 0 Å². The number of aromatic nitrogens is 1. The number of carbonyl (C=O) groups is 1. The van der Waals surface area contributed by atoms with Gasteiger partial charge in [0.1, 0.15) is 10.8 Å². The van der Waals surface area contributed by atoms with E-state index < -0.39 is 5.60 Å². The molecule has 1 aromatic heterocycles. The third-order valence-corrected chi connectivity index (χ3v) is 3.81. The first-order valence-corrected chi connectivity index (χ1v) is 8.37. The third-order valence-electron chi connectivity index (χ3n) is 3.58. The molecule has 2 rings (SSSR count). The number of nitrogens with zero attached hydrogens (tertiary/aromatic N) is 2. The number of piperidine rings is 1. The van der Waals surface area contributed by atoms with Crippen LogP contribution in [0.1, 0.15) is 39.2 Å². The van der Waals surface area contributed by atoms with Gasteiger partial charge in [-0.1, -0.05) is 17.7 Å². The Bertz CT molecular complexity index is 514. The van der Waals surface area contributed by atoms with E-state index in [1.54, 1.807) is 17.2 Å². The van der Waals surface area contributed by atoms with Crippen LogP contribution in [0.15, 0.2) is 18.3 Å². The van der Waals surface area contributed by atoms with Gasteiger partial charge < -0.3 is 14.4 Å². The lowest BCUT2D eigenvalue weighted by Gasteiger charge is -2.34. The van der Waals surface area contributed by atoms with E-state index in [1.807, 2.05) is 26.8 Å². The molecule has 0 N–H and O–H groups in total. The molecule has 0 bridgehead atoms. The topological polar surface area (TPSA) is 51.7 Å². The highest BCUT2D eigenvalue weighted by molar-refractivity contribution is 6.29. The zero-order valence-corrected chi connectivity index (χ0v) is 14.8. The first-order valence-electron chi connectivity index (χ1n) is 7.99. The van der Waals surface area contributed by atoms with E-state index in [9.17, 15) is 4.79 Å². The molecule has 1 atom stereocenters. The molecule has 0 aromatic carbocycles. The van der Waals surface area contributed by atoms with Gasteiger partial charge in [-0.15, -0.1) is 0 Å². The van der Waals surface area contributed by atoms with Crippen LogP contribution in [-0.2, 0) is 16.1 Å². The largest absolute Gasteiger partial charge is 0.444 e. The average molecular weight is 341 g/mol. The summed E-state index contributed by atoms with van der Waals surface area (Å²) in [7, 11) is 0. The molecule has 0 unspecified atom stereocenters. The summed E-state index contributed by atoms with van der Waals surface area (Å²) in [6.45, 7) is 8.23. The van der Waals surface area contributed by atoms with Crippen molar-refractivity contribution in [3.8, 4) is 0 Å². The van der Waals surface area contributed by atoms with Crippen LogP contribution >= 0.6 is 11.6 Å². The summed E-state index contributed by atoms with van der Waals surface area (Å²) in [5.41, 5.74) is 0.538. The first-order chi connectivity index (χ1) is 10.8. The zero-order valence-electron chi connectivity index (χ0n) is 14.0. The van der Waals surface area contributed by atoms with Gasteiger partial charge in [-0.25, -0.2) is 9.78 Å². The smallest absolute Gasteiger partial charge is 0.410 e. The van der Waals surface area contributed by atoms with E-state index in [4.69, 9.17) is 21.1 Å². The van der Waals surface area contributed by atoms with Crippen molar-refractivity contribution >= 4 is 17.7 Å². The molecule has 2 heterocycles. The summed E-state index contributed by atoms with van der Waals surface area (Å²) < 4.78 is 11.2. The van der Waals surface area contributed by atoms with Gasteiger partial charge in [0.25, 0.3) is 0 Å². The molecule has 128 valence electrons. The normalized spacial score (nSPS) is 18.8. The Morgan fingerprint density at radius 2 is 2.22 bits per heavy atom. The molecule has 6 heteroatoms. The molecule has 0 aliphatic carbocycles. The van der Waals surface area contributed by atoms with Crippen molar-refractivity contribution in [2.45, 2.75) is 45.8 Å². The lowest BCUT2D eigenvalue weighted by atomic mass is 9.99. The van der Waals surface area contributed by atoms with Gasteiger partial charge in [-0.3, -0.25) is 0 Å². The number of halogens is 1. The lowest BCUT2D eigenvalue weighted by Crippen LogP contribution is -2.43. The number of pyridine rings is 1. The summed E-state index contributed by atoms with van der Waals surface area (Å²) in [4.78, 5) is 17.9. The van der Waals surface area contributed by atoms with E-state index in [0.29, 0.717) is 30.8 Å². The number of amides is 1. The maximum absolute atomic E-state index is 12.1. The first kappa shape index (κ1) is 18.0. The SMILES string of the molecule is CC(C)(C)OC(=O)N1CCC[C@H](COCc2ccc(Cl)nc2)C1. The van der Waals surface area contributed by atoms with E-state index in [0.717, 1.165) is 24.9 Å². The maximum atomic E-state index is 12.1. The van der Waals surface area contributed by atoms with Crippen molar-refractivity contribution in [1.82, 2.24) is 9.88 Å². The molecule has 1 aromatic rings. The molecule has 1 fully saturated rings. The second-order valence-electron chi connectivity index (χ2n) is 6.94. The van der Waals surface area contributed by atoms with Crippen LogP contribution in [-0.4, -0.2) is 41.3 Å². The Hall–Kier alpha value is -1.33. The van der Waals surface area contributed by atoms with Crippen molar-refractivity contribution in [2.24, 2.45) is 5.92 Å². The fourth-order valence-electron chi connectivity index (χ4n) is 2.53. The zero-order chi connectivity index (χ0) is 16.9. The van der Waals surface area contributed by atoms with Gasteiger partial charge in [-0.05, 0) is 45.2 Å². The molecule has 23 heavy (non-hydrogen) atoms. The summed E-state index contributed by atoms with van der Waals surface area (Å²) in [6, 6.07) is 3.66. The molecular formula is C17H25ClN2O3. The molecule has 5 nitrogen and oxygen atoms in total. The third kappa shape index (κ3) is 6.36. The number of hydrogen-bond acceptors (Lipinski definition) is 4. The second kappa shape index (κ2) is 7.97. The van der Waals surface area contributed by atoms with Crippen LogP contribution in [0.5, 0.6) is 0 Å². The number of ether oxygens (including phenoxy) is 2. The monoisotopic (exact) mass is 340 g/mol. The van der Waals surface area contributed by atoms with E-state index >= 15 is 0 Å². The number of carbonyl (C=O) groups excluding carboxylic acids is 1. The molecule has 1 aliphatic heterocycles. The molecule has 0 saturated carbocycles. The second-order valence-corrected chi connectivity index (χ2v) is 7.33. The van der Waals surface area contributed by atoms with Crippen LogP contribution in [0.4, 0.5) is 4.79 Å². The molecule has 1 amide bonds. The van der Waals surface area contributed by atoms with Crippen LogP contribution < -0.4 is 0 Å². The molecular weight excluding hydrogens is 316 g/mol.